The number of phenols is 1. The van der Waals surface area contributed by atoms with Gasteiger partial charge in [0.05, 0.1) is 11.8 Å². The van der Waals surface area contributed by atoms with Gasteiger partial charge in [0.15, 0.2) is 0 Å². The first-order valence-electron chi connectivity index (χ1n) is 8.21. The predicted octanol–water partition coefficient (Wildman–Crippen LogP) is 4.50. The Bertz CT molecular complexity index is 956. The second-order valence-corrected chi connectivity index (χ2v) is 6.58. The molecule has 0 aliphatic rings. The van der Waals surface area contributed by atoms with E-state index in [1.54, 1.807) is 48.5 Å². The summed E-state index contributed by atoms with van der Waals surface area (Å²) in [6.07, 6.45) is 1.39. The molecule has 2 N–H and O–H groups in total. The molecule has 0 saturated heterocycles. The summed E-state index contributed by atoms with van der Waals surface area (Å²) in [7, 11) is 0. The summed E-state index contributed by atoms with van der Waals surface area (Å²) in [4.78, 5) is 12.4. The van der Waals surface area contributed by atoms with E-state index in [0.29, 0.717) is 23.5 Å². The van der Waals surface area contributed by atoms with Gasteiger partial charge in [-0.1, -0.05) is 52.3 Å². The lowest BCUT2D eigenvalue weighted by Crippen LogP contribution is -2.18. The summed E-state index contributed by atoms with van der Waals surface area (Å²) in [6, 6.07) is 21.5. The Hall–Kier alpha value is -3.12. The molecule has 5 nitrogen and oxygen atoms in total. The lowest BCUT2D eigenvalue weighted by atomic mass is 10.2. The minimum atomic E-state index is -0.395. The number of carbonyl (C=O) groups excluding carboxylic acids is 1. The van der Waals surface area contributed by atoms with Crippen LogP contribution in [0.4, 0.5) is 0 Å². The zero-order valence-electron chi connectivity index (χ0n) is 14.3. The Balaban J connectivity index is 1.66. The molecule has 6 heteroatoms. The fourth-order valence-corrected chi connectivity index (χ4v) is 2.60. The van der Waals surface area contributed by atoms with Crippen molar-refractivity contribution >= 4 is 28.1 Å². The van der Waals surface area contributed by atoms with Crippen molar-refractivity contribution in [3.05, 3.63) is 94.0 Å². The van der Waals surface area contributed by atoms with Crippen LogP contribution in [0.2, 0.25) is 0 Å². The fraction of sp³-hybridized carbons (Fsp3) is 0.0476. The van der Waals surface area contributed by atoms with E-state index in [9.17, 15) is 9.90 Å². The number of benzene rings is 3. The third kappa shape index (κ3) is 5.18. The molecule has 3 rings (SSSR count). The standard InChI is InChI=1S/C21H17BrN2O3/c22-17-11-9-15(10-12-17)14-27-20-8-4-2-6-18(20)21(26)24-23-13-16-5-1-3-7-19(16)25/h1-13,25H,14H2,(H,24,26)/b23-13-. The van der Waals surface area contributed by atoms with Crippen LogP contribution in [0.3, 0.4) is 0 Å². The normalized spacial score (nSPS) is 10.7. The molecule has 0 aliphatic heterocycles. The maximum atomic E-state index is 12.4. The van der Waals surface area contributed by atoms with Crippen molar-refractivity contribution in [1.82, 2.24) is 5.43 Å². The minimum absolute atomic E-state index is 0.0914. The van der Waals surface area contributed by atoms with E-state index in [1.807, 2.05) is 24.3 Å². The highest BCUT2D eigenvalue weighted by Crippen LogP contribution is 2.20. The first-order chi connectivity index (χ1) is 13.1. The molecule has 0 bridgehead atoms. The van der Waals surface area contributed by atoms with E-state index in [0.717, 1.165) is 10.0 Å². The maximum Gasteiger partial charge on any atom is 0.275 e. The molecule has 136 valence electrons. The predicted molar refractivity (Wildman–Crippen MR) is 108 cm³/mol. The van der Waals surface area contributed by atoms with Crippen molar-refractivity contribution in [1.29, 1.82) is 0 Å². The smallest absolute Gasteiger partial charge is 0.275 e. The van der Waals surface area contributed by atoms with Crippen LogP contribution in [0.1, 0.15) is 21.5 Å². The number of amides is 1. The highest BCUT2D eigenvalue weighted by atomic mass is 79.9. The Labute approximate surface area is 165 Å². The van der Waals surface area contributed by atoms with Crippen LogP contribution < -0.4 is 10.2 Å². The van der Waals surface area contributed by atoms with Crippen LogP contribution in [-0.2, 0) is 6.61 Å². The second-order valence-electron chi connectivity index (χ2n) is 5.67. The zero-order valence-corrected chi connectivity index (χ0v) is 15.9. The molecule has 0 aromatic heterocycles. The Morgan fingerprint density at radius 3 is 2.52 bits per heavy atom. The maximum absolute atomic E-state index is 12.4. The second kappa shape index (κ2) is 9.00. The average Bonchev–Trinajstić information content (AvgIpc) is 2.69. The molecule has 0 unspecified atom stereocenters. The molecule has 0 heterocycles. The largest absolute Gasteiger partial charge is 0.507 e. The number of nitrogens with zero attached hydrogens (tertiary/aromatic N) is 1. The highest BCUT2D eigenvalue weighted by molar-refractivity contribution is 9.10. The van der Waals surface area contributed by atoms with Gasteiger partial charge in [0.2, 0.25) is 0 Å². The van der Waals surface area contributed by atoms with Crippen molar-refractivity contribution in [3.63, 3.8) is 0 Å². The lowest BCUT2D eigenvalue weighted by molar-refractivity contribution is 0.0950. The monoisotopic (exact) mass is 424 g/mol. The third-order valence-electron chi connectivity index (χ3n) is 3.75. The van der Waals surface area contributed by atoms with Crippen molar-refractivity contribution in [2.45, 2.75) is 6.61 Å². The minimum Gasteiger partial charge on any atom is -0.507 e. The fourth-order valence-electron chi connectivity index (χ4n) is 2.34. The summed E-state index contributed by atoms with van der Waals surface area (Å²) in [5.41, 5.74) is 4.34. The zero-order chi connectivity index (χ0) is 19.1. The van der Waals surface area contributed by atoms with E-state index in [4.69, 9.17) is 4.74 Å². The van der Waals surface area contributed by atoms with Gasteiger partial charge in [0.25, 0.3) is 5.91 Å². The van der Waals surface area contributed by atoms with Gasteiger partial charge in [-0.3, -0.25) is 4.79 Å². The number of hydrogen-bond acceptors (Lipinski definition) is 4. The van der Waals surface area contributed by atoms with Gasteiger partial charge >= 0.3 is 0 Å². The third-order valence-corrected chi connectivity index (χ3v) is 4.27. The summed E-state index contributed by atoms with van der Waals surface area (Å²) >= 11 is 3.39. The number of para-hydroxylation sites is 2. The number of nitrogens with one attached hydrogen (secondary N) is 1. The van der Waals surface area contributed by atoms with Crippen LogP contribution in [0, 0.1) is 0 Å². The summed E-state index contributed by atoms with van der Waals surface area (Å²) in [5.74, 6) is 0.164. The molecule has 0 spiro atoms. The molecule has 0 saturated carbocycles. The Morgan fingerprint density at radius 2 is 1.74 bits per heavy atom. The number of aromatic hydroxyl groups is 1. The van der Waals surface area contributed by atoms with Gasteiger partial charge in [-0.25, -0.2) is 5.43 Å². The van der Waals surface area contributed by atoms with Gasteiger partial charge in [0, 0.05) is 10.0 Å². The SMILES string of the molecule is O=C(N/N=C\c1ccccc1O)c1ccccc1OCc1ccc(Br)cc1. The Kier molecular flexibility index (Phi) is 6.22. The van der Waals surface area contributed by atoms with Crippen molar-refractivity contribution in [2.75, 3.05) is 0 Å². The molecule has 0 aliphatic carbocycles. The van der Waals surface area contributed by atoms with E-state index >= 15 is 0 Å². The number of rotatable bonds is 6. The molecule has 1 amide bonds. The number of hydrazone groups is 1. The first kappa shape index (κ1) is 18.7. The highest BCUT2D eigenvalue weighted by Gasteiger charge is 2.11. The number of phenolic OH excluding ortho intramolecular Hbond substituents is 1. The number of halogens is 1. The molecule has 27 heavy (non-hydrogen) atoms. The van der Waals surface area contributed by atoms with Crippen LogP contribution >= 0.6 is 15.9 Å². The molecular weight excluding hydrogens is 408 g/mol. The first-order valence-corrected chi connectivity index (χ1v) is 9.00. The van der Waals surface area contributed by atoms with Crippen LogP contribution in [0.25, 0.3) is 0 Å². The van der Waals surface area contributed by atoms with Crippen molar-refractivity contribution < 1.29 is 14.6 Å². The van der Waals surface area contributed by atoms with Gasteiger partial charge in [0.1, 0.15) is 18.1 Å². The molecule has 3 aromatic carbocycles. The van der Waals surface area contributed by atoms with E-state index in [-0.39, 0.29) is 5.75 Å². The van der Waals surface area contributed by atoms with Gasteiger partial charge in [-0.2, -0.15) is 5.10 Å². The molecule has 0 fully saturated rings. The summed E-state index contributed by atoms with van der Waals surface area (Å²) < 4.78 is 6.79. The Morgan fingerprint density at radius 1 is 1.04 bits per heavy atom. The number of ether oxygens (including phenoxy) is 1. The van der Waals surface area contributed by atoms with E-state index in [2.05, 4.69) is 26.5 Å². The quantitative estimate of drug-likeness (QED) is 0.452. The van der Waals surface area contributed by atoms with Crippen molar-refractivity contribution in [3.8, 4) is 11.5 Å². The lowest BCUT2D eigenvalue weighted by Gasteiger charge is -2.10. The summed E-state index contributed by atoms with van der Waals surface area (Å²) in [6.45, 7) is 0.346. The van der Waals surface area contributed by atoms with E-state index < -0.39 is 5.91 Å². The molecular formula is C21H17BrN2O3. The summed E-state index contributed by atoms with van der Waals surface area (Å²) in [5, 5.41) is 13.6. The van der Waals surface area contributed by atoms with Gasteiger partial charge in [-0.15, -0.1) is 0 Å². The van der Waals surface area contributed by atoms with Gasteiger partial charge < -0.3 is 9.84 Å². The van der Waals surface area contributed by atoms with Crippen LogP contribution in [0.15, 0.2) is 82.4 Å². The molecule has 0 atom stereocenters. The number of hydrogen-bond donors (Lipinski definition) is 2. The van der Waals surface area contributed by atoms with Crippen molar-refractivity contribution in [2.24, 2.45) is 5.10 Å². The molecule has 0 radical (unpaired) electrons. The van der Waals surface area contributed by atoms with Crippen LogP contribution in [0.5, 0.6) is 11.5 Å². The average molecular weight is 425 g/mol. The van der Waals surface area contributed by atoms with Gasteiger partial charge in [-0.05, 0) is 42.0 Å². The van der Waals surface area contributed by atoms with Crippen LogP contribution in [-0.4, -0.2) is 17.2 Å². The topological polar surface area (TPSA) is 70.9 Å². The number of carbonyl (C=O) groups is 1. The molecule has 3 aromatic rings. The van der Waals surface area contributed by atoms with E-state index in [1.165, 1.54) is 6.21 Å².